The fourth-order valence-electron chi connectivity index (χ4n) is 0. The van der Waals surface area contributed by atoms with Gasteiger partial charge in [0.15, 0.2) is 0 Å². The third-order valence-electron chi connectivity index (χ3n) is 0. The molecule has 0 nitrogen and oxygen atoms in total. The van der Waals surface area contributed by atoms with Gasteiger partial charge in [0.05, 0.1) is 0 Å². The standard InChI is InChI=1S/C3H5.Al.2ClH/c1-3-2;;;/h1H2,2H3;;2*1H/q;+2;;/p-2. The van der Waals surface area contributed by atoms with Crippen molar-refractivity contribution in [2.45, 2.75) is 6.92 Å². The first-order valence-electron chi connectivity index (χ1n) is 1.14. The van der Waals surface area contributed by atoms with Gasteiger partial charge in [-0.05, 0) is 0 Å². The maximum Gasteiger partial charge on any atom is -1.00 e. The van der Waals surface area contributed by atoms with E-state index in [-0.39, 0.29) is 24.8 Å². The Bertz CT molecular complexity index is 31.8. The van der Waals surface area contributed by atoms with Crippen LogP contribution in [0.25, 0.3) is 0 Å². The number of hydrogen-bond acceptors (Lipinski definition) is 0. The summed E-state index contributed by atoms with van der Waals surface area (Å²) in [6.45, 7) is 5.45. The summed E-state index contributed by atoms with van der Waals surface area (Å²) in [6, 6.07) is 0. The van der Waals surface area contributed by atoms with Crippen molar-refractivity contribution in [2.75, 3.05) is 0 Å². The molecule has 0 saturated heterocycles. The van der Waals surface area contributed by atoms with Gasteiger partial charge in [-0.3, -0.25) is 0 Å². The molecule has 0 rings (SSSR count). The fourth-order valence-corrected chi connectivity index (χ4v) is 0. The predicted molar refractivity (Wildman–Crippen MR) is 20.6 cm³/mol. The van der Waals surface area contributed by atoms with Crippen LogP contribution in [0.5, 0.6) is 0 Å². The monoisotopic (exact) mass is 138 g/mol. The van der Waals surface area contributed by atoms with Crippen LogP contribution in [-0.2, 0) is 0 Å². The Hall–Kier alpha value is 0.852. The molecule has 0 aromatic carbocycles. The van der Waals surface area contributed by atoms with Crippen LogP contribution in [0.4, 0.5) is 0 Å². The molecule has 0 aromatic rings. The summed E-state index contributed by atoms with van der Waals surface area (Å²) < 4.78 is 1.08. The molecule has 6 heavy (non-hydrogen) atoms. The molecule has 0 saturated carbocycles. The van der Waals surface area contributed by atoms with Crippen LogP contribution in [0.3, 0.4) is 0 Å². The molecule has 0 aliphatic rings. The Morgan fingerprint density at radius 3 is 1.50 bits per heavy atom. The van der Waals surface area contributed by atoms with E-state index in [1.807, 2.05) is 6.92 Å². The number of rotatable bonds is 0. The average Bonchev–Trinajstić information content (AvgIpc) is 0.811. The number of allylic oxidation sites excluding steroid dienone is 1. The largest absolute Gasteiger partial charge is 1.00 e. The van der Waals surface area contributed by atoms with Gasteiger partial charge < -0.3 is 24.8 Å². The molecule has 0 aromatic heterocycles. The van der Waals surface area contributed by atoms with E-state index in [1.165, 1.54) is 0 Å². The number of halogens is 2. The summed E-state index contributed by atoms with van der Waals surface area (Å²) in [7, 11) is 0. The Kier molecular flexibility index (Phi) is 24.5. The second kappa shape index (κ2) is 9.29. The van der Waals surface area contributed by atoms with Crippen molar-refractivity contribution in [3.8, 4) is 0 Å². The molecule has 0 unspecified atom stereocenters. The second-order valence-electron chi connectivity index (χ2n) is 0.846. The zero-order valence-corrected chi connectivity index (χ0v) is 6.21. The molecule has 3 heteroatoms. The summed E-state index contributed by atoms with van der Waals surface area (Å²) in [4.78, 5) is 0. The maximum absolute atomic E-state index is 3.52. The van der Waals surface area contributed by atoms with Gasteiger partial charge in [0.25, 0.3) is 0 Å². The van der Waals surface area contributed by atoms with Gasteiger partial charge in [-0.2, -0.15) is 0 Å². The summed E-state index contributed by atoms with van der Waals surface area (Å²) >= 11 is 2.46. The minimum atomic E-state index is 0. The van der Waals surface area contributed by atoms with E-state index in [9.17, 15) is 0 Å². The van der Waals surface area contributed by atoms with Gasteiger partial charge in [-0.15, -0.1) is 0 Å². The first-order chi connectivity index (χ1) is 1.73. The van der Waals surface area contributed by atoms with Crippen molar-refractivity contribution in [1.82, 2.24) is 0 Å². The molecule has 0 radical (unpaired) electrons. The molecule has 0 aliphatic carbocycles. The molecular weight excluding hydrogens is 134 g/mol. The Morgan fingerprint density at radius 1 is 1.50 bits per heavy atom. The summed E-state index contributed by atoms with van der Waals surface area (Å²) in [5, 5.41) is 0. The minimum absolute atomic E-state index is 0. The Balaban J connectivity index is -0.0000000450. The van der Waals surface area contributed by atoms with Gasteiger partial charge in [0.1, 0.15) is 0 Å². The molecular formula is C3H5AlCl2. The Labute approximate surface area is 59.2 Å². The topological polar surface area (TPSA) is 0 Å². The first kappa shape index (κ1) is 15.8. The zero-order valence-electron chi connectivity index (χ0n) is 3.54. The minimum Gasteiger partial charge on any atom is -1.00 e. The molecule has 0 N–H and O–H groups in total. The number of hydrogen-bond donors (Lipinski definition) is 0. The second-order valence-corrected chi connectivity index (χ2v) is 1.83. The van der Waals surface area contributed by atoms with E-state index in [1.54, 1.807) is 0 Å². The van der Waals surface area contributed by atoms with Crippen molar-refractivity contribution < 1.29 is 24.8 Å². The molecule has 0 aliphatic heterocycles. The smallest absolute Gasteiger partial charge is 1.00 e. The van der Waals surface area contributed by atoms with E-state index in [0.29, 0.717) is 0 Å². The summed E-state index contributed by atoms with van der Waals surface area (Å²) in [5.74, 6) is 0. The van der Waals surface area contributed by atoms with Crippen LogP contribution >= 0.6 is 0 Å². The third-order valence-corrected chi connectivity index (χ3v) is 0. The van der Waals surface area contributed by atoms with Crippen molar-refractivity contribution in [3.05, 3.63) is 11.0 Å². The van der Waals surface area contributed by atoms with Gasteiger partial charge in [-0.25, -0.2) is 0 Å². The van der Waals surface area contributed by atoms with Crippen LogP contribution in [0.1, 0.15) is 6.92 Å². The van der Waals surface area contributed by atoms with E-state index in [0.717, 1.165) is 4.44 Å². The van der Waals surface area contributed by atoms with Gasteiger partial charge in [0, 0.05) is 0 Å². The van der Waals surface area contributed by atoms with E-state index < -0.39 is 0 Å². The van der Waals surface area contributed by atoms with Crippen LogP contribution in [0.2, 0.25) is 0 Å². The van der Waals surface area contributed by atoms with Crippen molar-refractivity contribution in [2.24, 2.45) is 0 Å². The van der Waals surface area contributed by atoms with Crippen molar-refractivity contribution in [1.29, 1.82) is 0 Å². The molecule has 34 valence electrons. The molecule has 0 spiro atoms. The molecule has 0 atom stereocenters. The maximum atomic E-state index is 3.52. The van der Waals surface area contributed by atoms with E-state index >= 15 is 0 Å². The normalized spacial score (nSPS) is 4.50. The van der Waals surface area contributed by atoms with Gasteiger partial charge in [-0.1, -0.05) is 0 Å². The van der Waals surface area contributed by atoms with E-state index in [4.69, 9.17) is 0 Å². The molecule has 0 bridgehead atoms. The van der Waals surface area contributed by atoms with Crippen molar-refractivity contribution >= 4 is 16.3 Å². The first-order valence-corrected chi connectivity index (χ1v) is 1.72. The average molecular weight is 139 g/mol. The quantitative estimate of drug-likeness (QED) is 0.294. The third kappa shape index (κ3) is 99.1. The van der Waals surface area contributed by atoms with Crippen LogP contribution < -0.4 is 24.8 Å². The molecule has 0 heterocycles. The summed E-state index contributed by atoms with van der Waals surface area (Å²) in [6.07, 6.45) is 0. The fraction of sp³-hybridized carbons (Fsp3) is 0.333. The molecule has 0 fully saturated rings. The van der Waals surface area contributed by atoms with E-state index in [2.05, 4.69) is 22.9 Å². The zero-order chi connectivity index (χ0) is 3.58. The Morgan fingerprint density at radius 2 is 1.50 bits per heavy atom. The van der Waals surface area contributed by atoms with Gasteiger partial charge >= 0.3 is 34.2 Å². The molecule has 0 amide bonds. The summed E-state index contributed by atoms with van der Waals surface area (Å²) in [5.41, 5.74) is 0. The predicted octanol–water partition coefficient (Wildman–Crippen LogP) is -5.30. The van der Waals surface area contributed by atoms with Crippen LogP contribution in [0.15, 0.2) is 11.0 Å². The van der Waals surface area contributed by atoms with Crippen molar-refractivity contribution in [3.63, 3.8) is 0 Å². The van der Waals surface area contributed by atoms with Gasteiger partial charge in [0.2, 0.25) is 0 Å². The SMILES string of the molecule is C=[C](C)[Al+2].[Cl-].[Cl-]. The van der Waals surface area contributed by atoms with Crippen LogP contribution in [-0.4, -0.2) is 16.3 Å². The van der Waals surface area contributed by atoms with Crippen LogP contribution in [0, 0.1) is 0 Å².